The molecule has 8 heteroatoms. The molecule has 158 valence electrons. The van der Waals surface area contributed by atoms with Gasteiger partial charge in [-0.2, -0.15) is 0 Å². The quantitative estimate of drug-likeness (QED) is 0.578. The lowest BCUT2D eigenvalue weighted by atomic mass is 10.2. The molecule has 1 amide bonds. The fourth-order valence-electron chi connectivity index (χ4n) is 3.28. The summed E-state index contributed by atoms with van der Waals surface area (Å²) in [4.78, 5) is 35.3. The number of anilines is 1. The van der Waals surface area contributed by atoms with Gasteiger partial charge in [-0.05, 0) is 25.1 Å². The van der Waals surface area contributed by atoms with Crippen LogP contribution in [0.1, 0.15) is 12.7 Å². The van der Waals surface area contributed by atoms with Crippen molar-refractivity contribution in [2.75, 3.05) is 39.3 Å². The van der Waals surface area contributed by atoms with Gasteiger partial charge in [0.25, 0.3) is 11.5 Å². The van der Waals surface area contributed by atoms with Gasteiger partial charge < -0.3 is 24.3 Å². The number of methoxy groups -OCH3 is 2. The molecule has 1 aromatic heterocycles. The highest BCUT2D eigenvalue weighted by atomic mass is 16.5. The number of aromatic nitrogens is 2. The summed E-state index contributed by atoms with van der Waals surface area (Å²) in [5.74, 6) is 1.49. The summed E-state index contributed by atoms with van der Waals surface area (Å²) in [5, 5.41) is 0.425. The van der Waals surface area contributed by atoms with Crippen molar-refractivity contribution >= 4 is 22.5 Å². The number of quaternary nitrogens is 1. The Morgan fingerprint density at radius 1 is 1.13 bits per heavy atom. The van der Waals surface area contributed by atoms with E-state index in [1.807, 2.05) is 37.3 Å². The van der Waals surface area contributed by atoms with Crippen molar-refractivity contribution in [2.45, 2.75) is 13.5 Å². The molecule has 1 unspecified atom stereocenters. The van der Waals surface area contributed by atoms with E-state index < -0.39 is 0 Å². The third-order valence-electron chi connectivity index (χ3n) is 5.10. The van der Waals surface area contributed by atoms with Gasteiger partial charge in [0.1, 0.15) is 6.54 Å². The van der Waals surface area contributed by atoms with Crippen molar-refractivity contribution in [1.29, 1.82) is 0 Å². The summed E-state index contributed by atoms with van der Waals surface area (Å²) in [5.41, 5.74) is 1.12. The number of carbonyl (C=O) groups is 1. The highest BCUT2D eigenvalue weighted by Gasteiger charge is 2.19. The molecule has 0 bridgehead atoms. The van der Waals surface area contributed by atoms with Crippen molar-refractivity contribution in [1.82, 2.24) is 9.97 Å². The molecule has 1 heterocycles. The molecule has 30 heavy (non-hydrogen) atoms. The second-order valence-electron chi connectivity index (χ2n) is 6.98. The van der Waals surface area contributed by atoms with Crippen LogP contribution in [0.5, 0.6) is 11.5 Å². The van der Waals surface area contributed by atoms with E-state index >= 15 is 0 Å². The van der Waals surface area contributed by atoms with E-state index in [2.05, 4.69) is 9.97 Å². The molecule has 2 N–H and O–H groups in total. The van der Waals surface area contributed by atoms with Gasteiger partial charge in [-0.1, -0.05) is 18.2 Å². The minimum Gasteiger partial charge on any atom is -0.493 e. The Kier molecular flexibility index (Phi) is 6.68. The van der Waals surface area contributed by atoms with Crippen LogP contribution in [-0.4, -0.2) is 50.2 Å². The van der Waals surface area contributed by atoms with Crippen LogP contribution >= 0.6 is 0 Å². The summed E-state index contributed by atoms with van der Waals surface area (Å²) < 4.78 is 10.6. The molecule has 2 aromatic carbocycles. The highest BCUT2D eigenvalue weighted by molar-refractivity contribution is 5.93. The maximum Gasteiger partial charge on any atom is 0.281 e. The lowest BCUT2D eigenvalue weighted by Gasteiger charge is -2.21. The number of likely N-dealkylation sites (N-methyl/N-ethyl adjacent to an activating group) is 2. The first kappa shape index (κ1) is 21.3. The lowest BCUT2D eigenvalue weighted by molar-refractivity contribution is -0.904. The fourth-order valence-corrected chi connectivity index (χ4v) is 3.28. The molecular weight excluding hydrogens is 384 g/mol. The van der Waals surface area contributed by atoms with E-state index in [-0.39, 0.29) is 18.0 Å². The first-order valence-electron chi connectivity index (χ1n) is 9.76. The maximum atomic E-state index is 12.7. The summed E-state index contributed by atoms with van der Waals surface area (Å²) in [6, 6.07) is 12.8. The van der Waals surface area contributed by atoms with E-state index in [4.69, 9.17) is 9.47 Å². The molecule has 0 saturated carbocycles. The van der Waals surface area contributed by atoms with Crippen LogP contribution in [0.4, 0.5) is 5.69 Å². The minimum atomic E-state index is -0.251. The van der Waals surface area contributed by atoms with E-state index in [9.17, 15) is 9.59 Å². The predicted octanol–water partition coefficient (Wildman–Crippen LogP) is 1.01. The molecule has 0 aliphatic heterocycles. The van der Waals surface area contributed by atoms with Crippen LogP contribution in [0, 0.1) is 0 Å². The van der Waals surface area contributed by atoms with Gasteiger partial charge >= 0.3 is 0 Å². The number of nitrogens with zero attached hydrogens (tertiary/aromatic N) is 2. The first-order valence-corrected chi connectivity index (χ1v) is 9.76. The molecule has 0 saturated heterocycles. The van der Waals surface area contributed by atoms with Gasteiger partial charge in [0, 0.05) is 18.8 Å². The Hall–Kier alpha value is -3.39. The Bertz CT molecular complexity index is 1080. The van der Waals surface area contributed by atoms with Crippen LogP contribution in [-0.2, 0) is 11.3 Å². The van der Waals surface area contributed by atoms with E-state index in [1.54, 1.807) is 24.1 Å². The Morgan fingerprint density at radius 3 is 2.43 bits per heavy atom. The van der Waals surface area contributed by atoms with Crippen molar-refractivity contribution < 1.29 is 19.2 Å². The van der Waals surface area contributed by atoms with Crippen LogP contribution in [0.25, 0.3) is 10.9 Å². The van der Waals surface area contributed by atoms with Crippen molar-refractivity contribution in [3.05, 3.63) is 58.6 Å². The fraction of sp³-hybridized carbons (Fsp3) is 0.318. The number of H-pyrrole nitrogens is 1. The van der Waals surface area contributed by atoms with E-state index in [0.717, 1.165) is 10.6 Å². The minimum absolute atomic E-state index is 0.00686. The number of rotatable bonds is 8. The van der Waals surface area contributed by atoms with Crippen LogP contribution in [0.15, 0.2) is 47.3 Å². The van der Waals surface area contributed by atoms with Crippen molar-refractivity contribution in [3.63, 3.8) is 0 Å². The molecule has 3 aromatic rings. The number of carbonyl (C=O) groups excluding carboxylic acids is 1. The number of ether oxygens (including phenoxy) is 2. The van der Waals surface area contributed by atoms with Gasteiger partial charge in [-0.3, -0.25) is 9.59 Å². The van der Waals surface area contributed by atoms with E-state index in [1.165, 1.54) is 14.2 Å². The number of hydrogen-bond donors (Lipinski definition) is 2. The average molecular weight is 411 g/mol. The summed E-state index contributed by atoms with van der Waals surface area (Å²) in [6.07, 6.45) is 0. The van der Waals surface area contributed by atoms with Gasteiger partial charge in [0.05, 0.1) is 31.7 Å². The lowest BCUT2D eigenvalue weighted by Crippen LogP contribution is -3.11. The number of aromatic amines is 1. The highest BCUT2D eigenvalue weighted by Crippen LogP contribution is 2.29. The molecule has 0 spiro atoms. The van der Waals surface area contributed by atoms with Gasteiger partial charge in [0.2, 0.25) is 0 Å². The van der Waals surface area contributed by atoms with Gasteiger partial charge in [-0.15, -0.1) is 0 Å². The first-order chi connectivity index (χ1) is 14.5. The number of amides is 1. The summed E-state index contributed by atoms with van der Waals surface area (Å²) in [7, 11) is 4.82. The smallest absolute Gasteiger partial charge is 0.281 e. The van der Waals surface area contributed by atoms with E-state index in [0.29, 0.717) is 41.3 Å². The number of nitrogens with one attached hydrogen (secondary N) is 2. The zero-order chi connectivity index (χ0) is 21.7. The SMILES string of the molecule is CC[NH+](CC(=O)N(C)c1ccccc1)Cc1nc2cc(OC)c(OC)cc2c(=O)[nH]1. The second kappa shape index (κ2) is 9.41. The number of para-hydroxylation sites is 1. The zero-order valence-corrected chi connectivity index (χ0v) is 17.7. The van der Waals surface area contributed by atoms with Gasteiger partial charge in [0.15, 0.2) is 23.9 Å². The van der Waals surface area contributed by atoms with Crippen LogP contribution in [0.3, 0.4) is 0 Å². The van der Waals surface area contributed by atoms with Crippen molar-refractivity contribution in [3.8, 4) is 11.5 Å². The predicted molar refractivity (Wildman–Crippen MR) is 115 cm³/mol. The van der Waals surface area contributed by atoms with Crippen LogP contribution in [0.2, 0.25) is 0 Å². The molecule has 0 radical (unpaired) electrons. The normalized spacial score (nSPS) is 11.9. The second-order valence-corrected chi connectivity index (χ2v) is 6.98. The Labute approximate surface area is 175 Å². The topological polar surface area (TPSA) is 89.0 Å². The molecule has 3 rings (SSSR count). The third-order valence-corrected chi connectivity index (χ3v) is 5.10. The number of fused-ring (bicyclic) bond motifs is 1. The molecule has 1 atom stereocenters. The standard InChI is InChI=1S/C22H26N4O4/c1-5-26(14-21(27)25(2)15-9-7-6-8-10-15)13-20-23-17-12-19(30-4)18(29-3)11-16(17)22(28)24-20/h6-12H,5,13-14H2,1-4H3,(H,23,24,28)/p+1. The molecular formula is C22H27N4O4+. The van der Waals surface area contributed by atoms with Crippen molar-refractivity contribution in [2.24, 2.45) is 0 Å². The number of hydrogen-bond acceptors (Lipinski definition) is 5. The number of benzene rings is 2. The molecule has 0 fully saturated rings. The average Bonchev–Trinajstić information content (AvgIpc) is 2.77. The van der Waals surface area contributed by atoms with Crippen LogP contribution < -0.4 is 24.8 Å². The third kappa shape index (κ3) is 4.60. The maximum absolute atomic E-state index is 12.7. The molecule has 8 nitrogen and oxygen atoms in total. The summed E-state index contributed by atoms with van der Waals surface area (Å²) in [6.45, 7) is 3.42. The Balaban J connectivity index is 1.81. The summed E-state index contributed by atoms with van der Waals surface area (Å²) >= 11 is 0. The molecule has 0 aliphatic rings. The zero-order valence-electron chi connectivity index (χ0n) is 17.7. The largest absolute Gasteiger partial charge is 0.493 e. The molecule has 0 aliphatic carbocycles. The monoisotopic (exact) mass is 411 g/mol. The Morgan fingerprint density at radius 2 is 1.80 bits per heavy atom. The van der Waals surface area contributed by atoms with Gasteiger partial charge in [-0.25, -0.2) is 4.98 Å².